The molecule has 1 saturated heterocycles. The van der Waals surface area contributed by atoms with Crippen molar-refractivity contribution in [3.8, 4) is 5.75 Å². The van der Waals surface area contributed by atoms with Crippen LogP contribution in [-0.2, 0) is 0 Å². The first-order valence-corrected chi connectivity index (χ1v) is 8.35. The van der Waals surface area contributed by atoms with Crippen LogP contribution in [-0.4, -0.2) is 43.1 Å². The third-order valence-corrected chi connectivity index (χ3v) is 4.13. The highest BCUT2D eigenvalue weighted by Crippen LogP contribution is 2.20. The number of rotatable bonds is 4. The second-order valence-electron chi connectivity index (χ2n) is 6.02. The van der Waals surface area contributed by atoms with Crippen LogP contribution in [0.25, 0.3) is 0 Å². The highest BCUT2D eigenvalue weighted by atomic mass is 19.1. The molecule has 0 spiro atoms. The number of likely N-dealkylation sites (tertiary alicyclic amines) is 1. The summed E-state index contributed by atoms with van der Waals surface area (Å²) in [6.07, 6.45) is 0.488. The van der Waals surface area contributed by atoms with Crippen molar-refractivity contribution in [1.29, 1.82) is 0 Å². The van der Waals surface area contributed by atoms with Gasteiger partial charge in [0, 0.05) is 37.3 Å². The van der Waals surface area contributed by atoms with Crippen molar-refractivity contribution >= 4 is 17.6 Å². The number of ether oxygens (including phenoxy) is 1. The molecule has 0 saturated carbocycles. The van der Waals surface area contributed by atoms with Crippen LogP contribution in [0.5, 0.6) is 5.75 Å². The fourth-order valence-electron chi connectivity index (χ4n) is 2.83. The number of anilines is 1. The van der Waals surface area contributed by atoms with Crippen LogP contribution in [0.3, 0.4) is 0 Å². The third kappa shape index (κ3) is 4.30. The van der Waals surface area contributed by atoms with Gasteiger partial charge in [0.2, 0.25) is 0 Å². The molecule has 2 aromatic carbocycles. The number of carbonyl (C=O) groups excluding carboxylic acids is 2. The van der Waals surface area contributed by atoms with E-state index in [-0.39, 0.29) is 23.9 Å². The SMILES string of the molecule is CNC(=O)c1cccc(NC(=O)N2CCC(Oc3cccc(F)c3)C2)c1. The van der Waals surface area contributed by atoms with E-state index in [0.29, 0.717) is 36.5 Å². The van der Waals surface area contributed by atoms with E-state index in [1.54, 1.807) is 48.3 Å². The monoisotopic (exact) mass is 357 g/mol. The number of halogens is 1. The summed E-state index contributed by atoms with van der Waals surface area (Å²) >= 11 is 0. The number of nitrogens with zero attached hydrogens (tertiary/aromatic N) is 1. The zero-order valence-corrected chi connectivity index (χ0v) is 14.4. The lowest BCUT2D eigenvalue weighted by molar-refractivity contribution is 0.0963. The molecule has 1 unspecified atom stereocenters. The van der Waals surface area contributed by atoms with Gasteiger partial charge in [0.05, 0.1) is 6.54 Å². The van der Waals surface area contributed by atoms with Gasteiger partial charge in [0.15, 0.2) is 0 Å². The van der Waals surface area contributed by atoms with E-state index in [0.717, 1.165) is 0 Å². The lowest BCUT2D eigenvalue weighted by Crippen LogP contribution is -2.34. The Morgan fingerprint density at radius 2 is 2.00 bits per heavy atom. The largest absolute Gasteiger partial charge is 0.488 e. The summed E-state index contributed by atoms with van der Waals surface area (Å²) in [7, 11) is 1.55. The van der Waals surface area contributed by atoms with E-state index >= 15 is 0 Å². The van der Waals surface area contributed by atoms with Crippen molar-refractivity contribution in [3.63, 3.8) is 0 Å². The van der Waals surface area contributed by atoms with E-state index in [1.165, 1.54) is 12.1 Å². The topological polar surface area (TPSA) is 70.7 Å². The van der Waals surface area contributed by atoms with Crippen molar-refractivity contribution in [2.24, 2.45) is 0 Å². The van der Waals surface area contributed by atoms with Crippen LogP contribution in [0.1, 0.15) is 16.8 Å². The van der Waals surface area contributed by atoms with Gasteiger partial charge in [-0.1, -0.05) is 12.1 Å². The van der Waals surface area contributed by atoms with Gasteiger partial charge in [-0.3, -0.25) is 4.79 Å². The molecule has 0 aliphatic carbocycles. The molecule has 1 atom stereocenters. The zero-order chi connectivity index (χ0) is 18.5. The molecule has 1 fully saturated rings. The van der Waals surface area contributed by atoms with Gasteiger partial charge in [-0.05, 0) is 30.3 Å². The summed E-state index contributed by atoms with van der Waals surface area (Å²) in [5.41, 5.74) is 1.02. The second-order valence-corrected chi connectivity index (χ2v) is 6.02. The molecule has 136 valence electrons. The predicted molar refractivity (Wildman–Crippen MR) is 95.9 cm³/mol. The number of nitrogens with one attached hydrogen (secondary N) is 2. The highest BCUT2D eigenvalue weighted by Gasteiger charge is 2.27. The van der Waals surface area contributed by atoms with Gasteiger partial charge in [-0.15, -0.1) is 0 Å². The quantitative estimate of drug-likeness (QED) is 0.884. The number of urea groups is 1. The fraction of sp³-hybridized carbons (Fsp3) is 0.263. The molecule has 1 heterocycles. The summed E-state index contributed by atoms with van der Waals surface area (Å²) in [5, 5.41) is 5.33. The third-order valence-electron chi connectivity index (χ3n) is 4.13. The number of hydrogen-bond acceptors (Lipinski definition) is 3. The minimum absolute atomic E-state index is 0.181. The lowest BCUT2D eigenvalue weighted by Gasteiger charge is -2.18. The Morgan fingerprint density at radius 3 is 2.77 bits per heavy atom. The summed E-state index contributed by atoms with van der Waals surface area (Å²) in [6.45, 7) is 0.957. The number of amides is 3. The van der Waals surface area contributed by atoms with Crippen LogP contribution in [0.4, 0.5) is 14.9 Å². The summed E-state index contributed by atoms with van der Waals surface area (Å²) in [6, 6.07) is 12.4. The molecule has 0 radical (unpaired) electrons. The first-order chi connectivity index (χ1) is 12.5. The Balaban J connectivity index is 1.57. The molecule has 3 rings (SSSR count). The Hall–Kier alpha value is -3.09. The van der Waals surface area contributed by atoms with Crippen molar-refractivity contribution in [2.45, 2.75) is 12.5 Å². The molecule has 1 aliphatic rings. The predicted octanol–water partition coefficient (Wildman–Crippen LogP) is 2.87. The molecule has 7 heteroatoms. The molecule has 0 bridgehead atoms. The van der Waals surface area contributed by atoms with E-state index in [4.69, 9.17) is 4.74 Å². The van der Waals surface area contributed by atoms with Crippen LogP contribution in [0.2, 0.25) is 0 Å². The van der Waals surface area contributed by atoms with E-state index in [1.807, 2.05) is 0 Å². The first kappa shape index (κ1) is 17.7. The van der Waals surface area contributed by atoms with Gasteiger partial charge >= 0.3 is 6.03 Å². The van der Waals surface area contributed by atoms with Crippen molar-refractivity contribution in [2.75, 3.05) is 25.5 Å². The van der Waals surface area contributed by atoms with Crippen LogP contribution in [0.15, 0.2) is 48.5 Å². The highest BCUT2D eigenvalue weighted by molar-refractivity contribution is 5.96. The van der Waals surface area contributed by atoms with E-state index in [9.17, 15) is 14.0 Å². The molecule has 2 N–H and O–H groups in total. The van der Waals surface area contributed by atoms with Gasteiger partial charge < -0.3 is 20.3 Å². The fourth-order valence-corrected chi connectivity index (χ4v) is 2.83. The molecular formula is C19H20FN3O3. The summed E-state index contributed by atoms with van der Waals surface area (Å²) < 4.78 is 19.0. The minimum atomic E-state index is -0.355. The molecule has 2 aromatic rings. The summed E-state index contributed by atoms with van der Waals surface area (Å²) in [5.74, 6) is -0.118. The zero-order valence-electron chi connectivity index (χ0n) is 14.4. The Bertz CT molecular complexity index is 812. The van der Waals surface area contributed by atoms with Crippen LogP contribution >= 0.6 is 0 Å². The van der Waals surface area contributed by atoms with Gasteiger partial charge in [0.1, 0.15) is 17.7 Å². The van der Waals surface area contributed by atoms with Gasteiger partial charge in [-0.2, -0.15) is 0 Å². The maximum absolute atomic E-state index is 13.2. The van der Waals surface area contributed by atoms with Crippen molar-refractivity contribution < 1.29 is 18.7 Å². The number of hydrogen-bond donors (Lipinski definition) is 2. The standard InChI is InChI=1S/C19H20FN3O3/c1-21-18(24)13-4-2-6-15(10-13)22-19(25)23-9-8-17(12-23)26-16-7-3-5-14(20)11-16/h2-7,10-11,17H,8-9,12H2,1H3,(H,21,24)(H,22,25). The molecule has 0 aromatic heterocycles. The van der Waals surface area contributed by atoms with Crippen LogP contribution in [0, 0.1) is 5.82 Å². The van der Waals surface area contributed by atoms with Crippen molar-refractivity contribution in [3.05, 3.63) is 59.9 Å². The summed E-state index contributed by atoms with van der Waals surface area (Å²) in [4.78, 5) is 25.7. The lowest BCUT2D eigenvalue weighted by atomic mass is 10.2. The van der Waals surface area contributed by atoms with Gasteiger partial charge in [0.25, 0.3) is 5.91 Å². The molecule has 6 nitrogen and oxygen atoms in total. The minimum Gasteiger partial charge on any atom is -0.488 e. The molecule has 26 heavy (non-hydrogen) atoms. The maximum atomic E-state index is 13.2. The smallest absolute Gasteiger partial charge is 0.321 e. The van der Waals surface area contributed by atoms with Gasteiger partial charge in [-0.25, -0.2) is 9.18 Å². The Labute approximate surface area is 150 Å². The molecule has 3 amide bonds. The average molecular weight is 357 g/mol. The molecule has 1 aliphatic heterocycles. The maximum Gasteiger partial charge on any atom is 0.321 e. The number of benzene rings is 2. The van der Waals surface area contributed by atoms with E-state index in [2.05, 4.69) is 10.6 Å². The average Bonchev–Trinajstić information content (AvgIpc) is 3.10. The Kier molecular flexibility index (Phi) is 5.36. The Morgan fingerprint density at radius 1 is 1.19 bits per heavy atom. The second kappa shape index (κ2) is 7.86. The van der Waals surface area contributed by atoms with Crippen molar-refractivity contribution in [1.82, 2.24) is 10.2 Å². The number of carbonyl (C=O) groups is 2. The van der Waals surface area contributed by atoms with Crippen LogP contribution < -0.4 is 15.4 Å². The first-order valence-electron chi connectivity index (χ1n) is 8.35. The normalized spacial score (nSPS) is 16.2. The van der Waals surface area contributed by atoms with E-state index < -0.39 is 0 Å². The molecular weight excluding hydrogens is 337 g/mol.